The van der Waals surface area contributed by atoms with Crippen LogP contribution in [-0.2, 0) is 0 Å². The minimum absolute atomic E-state index is 1.03. The average molecular weight is 212 g/mol. The van der Waals surface area contributed by atoms with Gasteiger partial charge in [-0.25, -0.2) is 0 Å². The molecule has 0 nitrogen and oxygen atoms in total. The summed E-state index contributed by atoms with van der Waals surface area (Å²) in [7, 11) is 0. The van der Waals surface area contributed by atoms with E-state index in [2.05, 4.69) is 20.8 Å². The smallest absolute Gasteiger partial charge is 0.0414 e. The number of rotatable bonds is 11. The molecule has 0 aromatic carbocycles. The molecule has 0 aliphatic rings. The maximum Gasteiger partial charge on any atom is -0.0414 e. The summed E-state index contributed by atoms with van der Waals surface area (Å²) in [5, 5.41) is 0. The zero-order chi connectivity index (χ0) is 11.4. The summed E-state index contributed by atoms with van der Waals surface area (Å²) in [6.45, 7) is 6.94. The van der Waals surface area contributed by atoms with Crippen LogP contribution in [0.2, 0.25) is 0 Å². The lowest BCUT2D eigenvalue weighted by Crippen LogP contribution is -1.99. The number of hydrogen-bond donors (Lipinski definition) is 0. The van der Waals surface area contributed by atoms with Crippen molar-refractivity contribution in [2.75, 3.05) is 0 Å². The van der Waals surface area contributed by atoms with Gasteiger partial charge in [-0.1, -0.05) is 91.4 Å². The molecule has 0 aromatic rings. The normalized spacial score (nSPS) is 11.2. The molecule has 0 spiro atoms. The van der Waals surface area contributed by atoms with E-state index in [1.54, 1.807) is 0 Å². The third-order valence-electron chi connectivity index (χ3n) is 3.36. The summed E-state index contributed by atoms with van der Waals surface area (Å²) in [5.41, 5.74) is 0. The molecule has 92 valence electrons. The van der Waals surface area contributed by atoms with E-state index in [0.29, 0.717) is 0 Å². The molecule has 0 rings (SSSR count). The van der Waals surface area contributed by atoms with Crippen LogP contribution in [0.5, 0.6) is 0 Å². The van der Waals surface area contributed by atoms with Gasteiger partial charge < -0.3 is 0 Å². The standard InChI is InChI=1S/C15H32/c1-4-7-8-9-10-11-14-15(12-5-2)13-6-3/h15H,4-14H2,1-3H3. The lowest BCUT2D eigenvalue weighted by molar-refractivity contribution is 0.391. The van der Waals surface area contributed by atoms with Gasteiger partial charge in [-0.3, -0.25) is 0 Å². The van der Waals surface area contributed by atoms with Crippen molar-refractivity contribution in [3.8, 4) is 0 Å². The molecule has 0 fully saturated rings. The van der Waals surface area contributed by atoms with Crippen molar-refractivity contribution in [3.63, 3.8) is 0 Å². The van der Waals surface area contributed by atoms with E-state index in [1.165, 1.54) is 70.6 Å². The highest BCUT2D eigenvalue weighted by Crippen LogP contribution is 2.21. The maximum atomic E-state index is 2.32. The first-order chi connectivity index (χ1) is 7.35. The van der Waals surface area contributed by atoms with Crippen molar-refractivity contribution in [2.24, 2.45) is 5.92 Å². The molecule has 0 atom stereocenters. The zero-order valence-electron chi connectivity index (χ0n) is 11.4. The Morgan fingerprint density at radius 1 is 0.533 bits per heavy atom. The van der Waals surface area contributed by atoms with Crippen molar-refractivity contribution in [3.05, 3.63) is 0 Å². The summed E-state index contributed by atoms with van der Waals surface area (Å²) in [4.78, 5) is 0. The first kappa shape index (κ1) is 15.0. The van der Waals surface area contributed by atoms with Crippen LogP contribution in [0.25, 0.3) is 0 Å². The molecule has 0 heteroatoms. The Morgan fingerprint density at radius 3 is 1.60 bits per heavy atom. The summed E-state index contributed by atoms with van der Waals surface area (Å²) in [6, 6.07) is 0. The number of hydrogen-bond acceptors (Lipinski definition) is 0. The minimum Gasteiger partial charge on any atom is -0.0654 e. The Kier molecular flexibility index (Phi) is 12.1. The molecule has 0 amide bonds. The van der Waals surface area contributed by atoms with Crippen LogP contribution in [-0.4, -0.2) is 0 Å². The Labute approximate surface area is 97.8 Å². The topological polar surface area (TPSA) is 0 Å². The van der Waals surface area contributed by atoms with E-state index >= 15 is 0 Å². The summed E-state index contributed by atoms with van der Waals surface area (Å²) < 4.78 is 0. The first-order valence-electron chi connectivity index (χ1n) is 7.35. The molecule has 0 aliphatic carbocycles. The quantitative estimate of drug-likeness (QED) is 0.371. The van der Waals surface area contributed by atoms with Gasteiger partial charge >= 0.3 is 0 Å². The molecule has 0 aromatic heterocycles. The number of unbranched alkanes of at least 4 members (excludes halogenated alkanes) is 5. The van der Waals surface area contributed by atoms with E-state index < -0.39 is 0 Å². The molecular weight excluding hydrogens is 180 g/mol. The Bertz CT molecular complexity index is 101. The van der Waals surface area contributed by atoms with E-state index in [-0.39, 0.29) is 0 Å². The van der Waals surface area contributed by atoms with Gasteiger partial charge in [0.15, 0.2) is 0 Å². The molecule has 0 saturated heterocycles. The van der Waals surface area contributed by atoms with Gasteiger partial charge in [0, 0.05) is 0 Å². The van der Waals surface area contributed by atoms with Gasteiger partial charge in [-0.2, -0.15) is 0 Å². The van der Waals surface area contributed by atoms with E-state index in [1.807, 2.05) is 0 Å². The third-order valence-corrected chi connectivity index (χ3v) is 3.36. The molecule has 0 saturated carbocycles. The van der Waals surface area contributed by atoms with Crippen LogP contribution >= 0.6 is 0 Å². The average Bonchev–Trinajstić information content (AvgIpc) is 2.24. The van der Waals surface area contributed by atoms with Crippen molar-refractivity contribution in [1.29, 1.82) is 0 Å². The van der Waals surface area contributed by atoms with Crippen LogP contribution in [0.3, 0.4) is 0 Å². The van der Waals surface area contributed by atoms with Crippen molar-refractivity contribution >= 4 is 0 Å². The Morgan fingerprint density at radius 2 is 1.07 bits per heavy atom. The van der Waals surface area contributed by atoms with Crippen molar-refractivity contribution in [1.82, 2.24) is 0 Å². The first-order valence-corrected chi connectivity index (χ1v) is 7.35. The summed E-state index contributed by atoms with van der Waals surface area (Å²) in [6.07, 6.45) is 15.9. The fourth-order valence-corrected chi connectivity index (χ4v) is 2.46. The molecule has 15 heavy (non-hydrogen) atoms. The SMILES string of the molecule is CCCCCCCCC(CCC)CCC. The second-order valence-electron chi connectivity index (χ2n) is 5.00. The minimum atomic E-state index is 1.03. The predicted molar refractivity (Wildman–Crippen MR) is 71.3 cm³/mol. The molecule has 0 aliphatic heterocycles. The molecule has 0 heterocycles. The second kappa shape index (κ2) is 12.1. The van der Waals surface area contributed by atoms with Crippen LogP contribution < -0.4 is 0 Å². The van der Waals surface area contributed by atoms with Gasteiger partial charge in [0.2, 0.25) is 0 Å². The lowest BCUT2D eigenvalue weighted by atomic mass is 9.92. The summed E-state index contributed by atoms with van der Waals surface area (Å²) in [5.74, 6) is 1.03. The lowest BCUT2D eigenvalue weighted by Gasteiger charge is -2.14. The highest BCUT2D eigenvalue weighted by atomic mass is 14.1. The fraction of sp³-hybridized carbons (Fsp3) is 1.00. The maximum absolute atomic E-state index is 2.32. The highest BCUT2D eigenvalue weighted by molar-refractivity contribution is 4.58. The van der Waals surface area contributed by atoms with Crippen LogP contribution in [0.1, 0.15) is 91.4 Å². The van der Waals surface area contributed by atoms with Crippen molar-refractivity contribution < 1.29 is 0 Å². The Hall–Kier alpha value is 0. The zero-order valence-corrected chi connectivity index (χ0v) is 11.4. The molecule has 0 bridgehead atoms. The summed E-state index contributed by atoms with van der Waals surface area (Å²) >= 11 is 0. The van der Waals surface area contributed by atoms with E-state index in [4.69, 9.17) is 0 Å². The van der Waals surface area contributed by atoms with Crippen LogP contribution in [0.15, 0.2) is 0 Å². The van der Waals surface area contributed by atoms with Gasteiger partial charge in [0.05, 0.1) is 0 Å². The van der Waals surface area contributed by atoms with Gasteiger partial charge in [-0.05, 0) is 5.92 Å². The largest absolute Gasteiger partial charge is 0.0654 e. The molecule has 0 N–H and O–H groups in total. The third kappa shape index (κ3) is 10.3. The molecular formula is C15H32. The van der Waals surface area contributed by atoms with Crippen LogP contribution in [0.4, 0.5) is 0 Å². The second-order valence-corrected chi connectivity index (χ2v) is 5.00. The monoisotopic (exact) mass is 212 g/mol. The fourth-order valence-electron chi connectivity index (χ4n) is 2.46. The molecule has 0 unspecified atom stereocenters. The van der Waals surface area contributed by atoms with Crippen LogP contribution in [0, 0.1) is 5.92 Å². The highest BCUT2D eigenvalue weighted by Gasteiger charge is 2.05. The van der Waals surface area contributed by atoms with E-state index in [0.717, 1.165) is 5.92 Å². The van der Waals surface area contributed by atoms with Gasteiger partial charge in [0.25, 0.3) is 0 Å². The van der Waals surface area contributed by atoms with E-state index in [9.17, 15) is 0 Å². The van der Waals surface area contributed by atoms with Gasteiger partial charge in [-0.15, -0.1) is 0 Å². The predicted octanol–water partition coefficient (Wildman–Crippen LogP) is 5.95. The molecule has 0 radical (unpaired) electrons. The van der Waals surface area contributed by atoms with Crippen molar-refractivity contribution in [2.45, 2.75) is 91.4 Å². The Balaban J connectivity index is 3.28. The van der Waals surface area contributed by atoms with Gasteiger partial charge in [0.1, 0.15) is 0 Å².